The molecule has 0 saturated heterocycles. The fourth-order valence-electron chi connectivity index (χ4n) is 2.67. The van der Waals surface area contributed by atoms with Crippen molar-refractivity contribution in [2.24, 2.45) is 0 Å². The van der Waals surface area contributed by atoms with Crippen molar-refractivity contribution >= 4 is 17.6 Å². The van der Waals surface area contributed by atoms with Gasteiger partial charge in [0.1, 0.15) is 11.8 Å². The fraction of sp³-hybridized carbons (Fsp3) is 0.278. The first-order valence-electron chi connectivity index (χ1n) is 7.68. The van der Waals surface area contributed by atoms with Gasteiger partial charge in [0.2, 0.25) is 0 Å². The van der Waals surface area contributed by atoms with E-state index in [4.69, 9.17) is 10.00 Å². The number of hydrogen-bond donors (Lipinski definition) is 3. The molecule has 130 valence electrons. The lowest BCUT2D eigenvalue weighted by Crippen LogP contribution is -2.21. The Labute approximate surface area is 145 Å². The van der Waals surface area contributed by atoms with E-state index in [2.05, 4.69) is 10.3 Å². The highest BCUT2D eigenvalue weighted by Gasteiger charge is 2.21. The van der Waals surface area contributed by atoms with Crippen LogP contribution in [-0.4, -0.2) is 28.6 Å². The lowest BCUT2D eigenvalue weighted by Gasteiger charge is -2.08. The van der Waals surface area contributed by atoms with E-state index in [1.807, 2.05) is 6.07 Å². The summed E-state index contributed by atoms with van der Waals surface area (Å²) in [5.74, 6) is -1.23. The molecule has 25 heavy (non-hydrogen) atoms. The maximum Gasteiger partial charge on any atom is 0.355 e. The second kappa shape index (κ2) is 7.64. The molecule has 0 aliphatic heterocycles. The summed E-state index contributed by atoms with van der Waals surface area (Å²) in [5.41, 5.74) is 2.78. The molecule has 1 unspecified atom stereocenters. The number of aliphatic hydroxyl groups excluding tert-OH is 1. The van der Waals surface area contributed by atoms with Crippen molar-refractivity contribution < 1.29 is 19.4 Å². The molecule has 7 heteroatoms. The molecule has 0 radical (unpaired) electrons. The number of rotatable bonds is 5. The third-order valence-electron chi connectivity index (χ3n) is 3.77. The van der Waals surface area contributed by atoms with Crippen LogP contribution < -0.4 is 5.32 Å². The normalized spacial score (nSPS) is 11.5. The summed E-state index contributed by atoms with van der Waals surface area (Å²) in [6, 6.07) is 8.50. The van der Waals surface area contributed by atoms with Gasteiger partial charge in [-0.05, 0) is 38.5 Å². The van der Waals surface area contributed by atoms with Gasteiger partial charge in [-0.3, -0.25) is 4.79 Å². The first kappa shape index (κ1) is 18.2. The van der Waals surface area contributed by atoms with Crippen LogP contribution in [0.1, 0.15) is 45.9 Å². The molecule has 2 aromatic rings. The number of nitrogens with zero attached hydrogens (tertiary/aromatic N) is 1. The fourth-order valence-corrected chi connectivity index (χ4v) is 2.67. The summed E-state index contributed by atoms with van der Waals surface area (Å²) in [4.78, 5) is 27.0. The third-order valence-corrected chi connectivity index (χ3v) is 3.77. The second-order valence-corrected chi connectivity index (χ2v) is 5.62. The second-order valence-electron chi connectivity index (χ2n) is 5.62. The van der Waals surface area contributed by atoms with Crippen LogP contribution in [0.4, 0.5) is 5.69 Å². The van der Waals surface area contributed by atoms with Gasteiger partial charge in [-0.25, -0.2) is 4.79 Å². The van der Waals surface area contributed by atoms with E-state index in [1.54, 1.807) is 45.0 Å². The highest BCUT2D eigenvalue weighted by molar-refractivity contribution is 5.96. The van der Waals surface area contributed by atoms with Gasteiger partial charge in [0, 0.05) is 11.3 Å². The number of esters is 1. The number of aromatic nitrogens is 1. The molecule has 0 saturated carbocycles. The number of amides is 1. The maximum absolute atomic E-state index is 12.2. The van der Waals surface area contributed by atoms with Gasteiger partial charge in [-0.1, -0.05) is 12.1 Å². The smallest absolute Gasteiger partial charge is 0.355 e. The summed E-state index contributed by atoms with van der Waals surface area (Å²) in [7, 11) is 0. The molecule has 1 aromatic heterocycles. The molecule has 7 nitrogen and oxygen atoms in total. The molecule has 1 heterocycles. The number of H-pyrrole nitrogens is 1. The van der Waals surface area contributed by atoms with Crippen molar-refractivity contribution in [1.82, 2.24) is 4.98 Å². The highest BCUT2D eigenvalue weighted by atomic mass is 16.5. The number of nitrogens with one attached hydrogen (secondary N) is 2. The summed E-state index contributed by atoms with van der Waals surface area (Å²) in [5, 5.41) is 21.3. The predicted molar refractivity (Wildman–Crippen MR) is 91.0 cm³/mol. The van der Waals surface area contributed by atoms with Crippen LogP contribution in [0.2, 0.25) is 0 Å². The number of carbonyl (C=O) groups excluding carboxylic acids is 2. The Hall–Kier alpha value is -3.11. The average molecular weight is 341 g/mol. The maximum atomic E-state index is 12.2. The van der Waals surface area contributed by atoms with Gasteiger partial charge in [-0.15, -0.1) is 0 Å². The topological polar surface area (TPSA) is 115 Å². The number of hydrogen-bond acceptors (Lipinski definition) is 5. The standard InChI is InChI=1S/C18H19N3O4/c1-10-16(12(3)22)11(2)20-17(10)18(24)25-9-15(23)21-14-7-5-4-6-13(14)8-19/h4-7,12,20,22H,9H2,1-3H3,(H,21,23). The Morgan fingerprint density at radius 2 is 2.04 bits per heavy atom. The Balaban J connectivity index is 2.02. The van der Waals surface area contributed by atoms with E-state index >= 15 is 0 Å². The molecule has 0 aliphatic rings. The lowest BCUT2D eigenvalue weighted by molar-refractivity contribution is -0.119. The number of nitriles is 1. The van der Waals surface area contributed by atoms with Gasteiger partial charge in [0.25, 0.3) is 5.91 Å². The molecule has 0 spiro atoms. The molecule has 1 amide bonds. The molecule has 0 fully saturated rings. The van der Waals surface area contributed by atoms with Crippen molar-refractivity contribution in [3.63, 3.8) is 0 Å². The van der Waals surface area contributed by atoms with Crippen LogP contribution in [0, 0.1) is 25.2 Å². The van der Waals surface area contributed by atoms with Gasteiger partial charge in [-0.2, -0.15) is 5.26 Å². The number of ether oxygens (including phenoxy) is 1. The third kappa shape index (κ3) is 4.05. The number of benzene rings is 1. The molecule has 1 atom stereocenters. The van der Waals surface area contributed by atoms with Gasteiger partial charge < -0.3 is 20.1 Å². The van der Waals surface area contributed by atoms with E-state index in [1.165, 1.54) is 0 Å². The van der Waals surface area contributed by atoms with E-state index in [-0.39, 0.29) is 5.69 Å². The minimum absolute atomic E-state index is 0.207. The van der Waals surface area contributed by atoms with Crippen LogP contribution in [-0.2, 0) is 9.53 Å². The SMILES string of the molecule is Cc1[nH]c(C(=O)OCC(=O)Nc2ccccc2C#N)c(C)c1C(C)O. The minimum atomic E-state index is -0.719. The molecular formula is C18H19N3O4. The van der Waals surface area contributed by atoms with Crippen LogP contribution >= 0.6 is 0 Å². The first-order chi connectivity index (χ1) is 11.8. The predicted octanol–water partition coefficient (Wildman–Crippen LogP) is 2.35. The number of aliphatic hydroxyl groups is 1. The molecular weight excluding hydrogens is 322 g/mol. The van der Waals surface area contributed by atoms with Gasteiger partial charge in [0.05, 0.1) is 17.4 Å². The largest absolute Gasteiger partial charge is 0.451 e. The summed E-state index contributed by atoms with van der Waals surface area (Å²) < 4.78 is 5.02. The summed E-state index contributed by atoms with van der Waals surface area (Å²) in [6.07, 6.45) is -0.719. The van der Waals surface area contributed by atoms with Gasteiger partial charge in [0.15, 0.2) is 6.61 Å². The van der Waals surface area contributed by atoms with Gasteiger partial charge >= 0.3 is 5.97 Å². The Kier molecular flexibility index (Phi) is 5.57. The van der Waals surface area contributed by atoms with E-state index < -0.39 is 24.6 Å². The Morgan fingerprint density at radius 1 is 1.36 bits per heavy atom. The van der Waals surface area contributed by atoms with Crippen molar-refractivity contribution in [3.05, 3.63) is 52.3 Å². The van der Waals surface area contributed by atoms with Crippen molar-refractivity contribution in [3.8, 4) is 6.07 Å². The van der Waals surface area contributed by atoms with E-state index in [0.717, 1.165) is 0 Å². The zero-order chi connectivity index (χ0) is 18.6. The summed E-state index contributed by atoms with van der Waals surface area (Å²) in [6.45, 7) is 4.57. The Morgan fingerprint density at radius 3 is 2.64 bits per heavy atom. The monoisotopic (exact) mass is 341 g/mol. The van der Waals surface area contributed by atoms with Crippen LogP contribution in [0.3, 0.4) is 0 Å². The molecule has 3 N–H and O–H groups in total. The number of anilines is 1. The van der Waals surface area contributed by atoms with E-state index in [0.29, 0.717) is 28.1 Å². The molecule has 1 aromatic carbocycles. The summed E-state index contributed by atoms with van der Waals surface area (Å²) >= 11 is 0. The van der Waals surface area contributed by atoms with Crippen molar-refractivity contribution in [1.29, 1.82) is 5.26 Å². The number of carbonyl (C=O) groups is 2. The first-order valence-corrected chi connectivity index (χ1v) is 7.68. The molecule has 0 bridgehead atoms. The van der Waals surface area contributed by atoms with Crippen LogP contribution in [0.15, 0.2) is 24.3 Å². The molecule has 0 aliphatic carbocycles. The lowest BCUT2D eigenvalue weighted by atomic mass is 10.1. The quantitative estimate of drug-likeness (QED) is 0.722. The van der Waals surface area contributed by atoms with Crippen molar-refractivity contribution in [2.75, 3.05) is 11.9 Å². The van der Waals surface area contributed by atoms with E-state index in [9.17, 15) is 14.7 Å². The molecule has 2 rings (SSSR count). The highest BCUT2D eigenvalue weighted by Crippen LogP contribution is 2.24. The van der Waals surface area contributed by atoms with Crippen LogP contribution in [0.25, 0.3) is 0 Å². The van der Waals surface area contributed by atoms with Crippen LogP contribution in [0.5, 0.6) is 0 Å². The number of aromatic amines is 1. The minimum Gasteiger partial charge on any atom is -0.451 e. The van der Waals surface area contributed by atoms with Crippen molar-refractivity contribution in [2.45, 2.75) is 26.9 Å². The number of aryl methyl sites for hydroxylation is 1. The zero-order valence-electron chi connectivity index (χ0n) is 14.2. The zero-order valence-corrected chi connectivity index (χ0v) is 14.2. The Bertz CT molecular complexity index is 846. The average Bonchev–Trinajstić information content (AvgIpc) is 2.87. The number of para-hydroxylation sites is 1.